The molecule has 3 rings (SSSR count). The molecular weight excluding hydrogens is 402 g/mol. The summed E-state index contributed by atoms with van der Waals surface area (Å²) < 4.78 is 0. The first-order valence-corrected chi connectivity index (χ1v) is 10.7. The smallest absolute Gasteiger partial charge is 0.253 e. The molecule has 0 aliphatic carbocycles. The number of anilines is 2. The number of nitrogens with zero attached hydrogens (tertiary/aromatic N) is 4. The fourth-order valence-electron chi connectivity index (χ4n) is 3.52. The van der Waals surface area contributed by atoms with Gasteiger partial charge in [0.25, 0.3) is 5.91 Å². The van der Waals surface area contributed by atoms with E-state index in [4.69, 9.17) is 11.6 Å². The number of hydrogen-bond donors (Lipinski definition) is 1. The molecule has 0 unspecified atom stereocenters. The third-order valence-electron chi connectivity index (χ3n) is 5.22. The van der Waals surface area contributed by atoms with Crippen molar-refractivity contribution in [2.24, 2.45) is 0 Å². The molecule has 0 bridgehead atoms. The van der Waals surface area contributed by atoms with Gasteiger partial charge in [0.2, 0.25) is 5.91 Å². The van der Waals surface area contributed by atoms with Gasteiger partial charge in [0, 0.05) is 56.7 Å². The van der Waals surface area contributed by atoms with E-state index >= 15 is 0 Å². The maximum atomic E-state index is 12.5. The van der Waals surface area contributed by atoms with E-state index in [0.717, 1.165) is 32.0 Å². The van der Waals surface area contributed by atoms with Crippen LogP contribution in [0.15, 0.2) is 42.6 Å². The Morgan fingerprint density at radius 3 is 2.47 bits per heavy atom. The van der Waals surface area contributed by atoms with Gasteiger partial charge in [-0.15, -0.1) is 0 Å². The van der Waals surface area contributed by atoms with E-state index in [1.165, 1.54) is 0 Å². The minimum absolute atomic E-state index is 0.0250. The molecule has 7 nitrogen and oxygen atoms in total. The molecule has 0 spiro atoms. The second-order valence-electron chi connectivity index (χ2n) is 7.20. The SMILES string of the molecule is CCN(CC)C(=O)c1cccc(NC(=O)CN2CCN(c3ccc(Cl)cn3)CC2)c1. The van der Waals surface area contributed by atoms with Gasteiger partial charge in [-0.1, -0.05) is 17.7 Å². The molecule has 2 heterocycles. The fourth-order valence-corrected chi connectivity index (χ4v) is 3.63. The summed E-state index contributed by atoms with van der Waals surface area (Å²) in [5, 5.41) is 3.54. The van der Waals surface area contributed by atoms with Crippen LogP contribution in [0.4, 0.5) is 11.5 Å². The van der Waals surface area contributed by atoms with Crippen LogP contribution >= 0.6 is 11.6 Å². The highest BCUT2D eigenvalue weighted by molar-refractivity contribution is 6.30. The summed E-state index contributed by atoms with van der Waals surface area (Å²) >= 11 is 5.90. The standard InChI is InChI=1S/C22H28ClN5O2/c1-3-27(4-2)22(30)17-6-5-7-19(14-17)25-21(29)16-26-10-12-28(13-11-26)20-9-8-18(23)15-24-20/h5-9,14-15H,3-4,10-13,16H2,1-2H3,(H,25,29). The highest BCUT2D eigenvalue weighted by Gasteiger charge is 2.20. The van der Waals surface area contributed by atoms with Crippen molar-refractivity contribution in [3.8, 4) is 0 Å². The molecule has 1 saturated heterocycles. The number of piperazine rings is 1. The number of carbonyl (C=O) groups is 2. The van der Waals surface area contributed by atoms with Crippen molar-refractivity contribution >= 4 is 34.9 Å². The van der Waals surface area contributed by atoms with Gasteiger partial charge in [-0.05, 0) is 44.2 Å². The first kappa shape index (κ1) is 22.1. The van der Waals surface area contributed by atoms with Gasteiger partial charge in [0.15, 0.2) is 0 Å². The van der Waals surface area contributed by atoms with Crippen LogP contribution in [0.1, 0.15) is 24.2 Å². The van der Waals surface area contributed by atoms with Crippen molar-refractivity contribution in [2.45, 2.75) is 13.8 Å². The number of nitrogens with one attached hydrogen (secondary N) is 1. The van der Waals surface area contributed by atoms with Gasteiger partial charge in [0.05, 0.1) is 11.6 Å². The van der Waals surface area contributed by atoms with E-state index < -0.39 is 0 Å². The molecule has 0 radical (unpaired) electrons. The number of rotatable bonds is 7. The van der Waals surface area contributed by atoms with Gasteiger partial charge in [-0.2, -0.15) is 0 Å². The summed E-state index contributed by atoms with van der Waals surface area (Å²) in [6, 6.07) is 10.9. The summed E-state index contributed by atoms with van der Waals surface area (Å²) in [4.78, 5) is 35.4. The number of benzene rings is 1. The number of halogens is 1. The second-order valence-corrected chi connectivity index (χ2v) is 7.64. The average Bonchev–Trinajstić information content (AvgIpc) is 2.76. The predicted molar refractivity (Wildman–Crippen MR) is 120 cm³/mol. The van der Waals surface area contributed by atoms with Crippen LogP contribution in [0.3, 0.4) is 0 Å². The van der Waals surface area contributed by atoms with Crippen LogP contribution in [0.25, 0.3) is 0 Å². The molecule has 30 heavy (non-hydrogen) atoms. The Bertz CT molecular complexity index is 862. The van der Waals surface area contributed by atoms with Crippen LogP contribution in [0.5, 0.6) is 0 Å². The van der Waals surface area contributed by atoms with Gasteiger partial charge >= 0.3 is 0 Å². The zero-order valence-corrected chi connectivity index (χ0v) is 18.2. The molecule has 1 fully saturated rings. The first-order chi connectivity index (χ1) is 14.5. The number of pyridine rings is 1. The van der Waals surface area contributed by atoms with Crippen LogP contribution in [-0.4, -0.2) is 72.4 Å². The largest absolute Gasteiger partial charge is 0.354 e. The third kappa shape index (κ3) is 5.70. The molecule has 160 valence electrons. The molecule has 1 aliphatic heterocycles. The van der Waals surface area contributed by atoms with E-state index in [1.54, 1.807) is 35.4 Å². The third-order valence-corrected chi connectivity index (χ3v) is 5.44. The molecule has 1 aromatic carbocycles. The van der Waals surface area contributed by atoms with E-state index in [0.29, 0.717) is 35.9 Å². The van der Waals surface area contributed by atoms with E-state index in [2.05, 4.69) is 20.1 Å². The summed E-state index contributed by atoms with van der Waals surface area (Å²) in [5.74, 6) is 0.793. The van der Waals surface area contributed by atoms with Crippen molar-refractivity contribution in [3.63, 3.8) is 0 Å². The highest BCUT2D eigenvalue weighted by atomic mass is 35.5. The predicted octanol–water partition coefficient (Wildman–Crippen LogP) is 2.98. The molecule has 0 atom stereocenters. The Hall–Kier alpha value is -2.64. The second kappa shape index (κ2) is 10.4. The van der Waals surface area contributed by atoms with Crippen molar-refractivity contribution in [1.82, 2.24) is 14.8 Å². The number of aromatic nitrogens is 1. The van der Waals surface area contributed by atoms with Crippen molar-refractivity contribution in [1.29, 1.82) is 0 Å². The monoisotopic (exact) mass is 429 g/mol. The Morgan fingerprint density at radius 2 is 1.83 bits per heavy atom. The first-order valence-electron chi connectivity index (χ1n) is 10.3. The molecule has 0 saturated carbocycles. The summed E-state index contributed by atoms with van der Waals surface area (Å²) in [6.07, 6.45) is 1.65. The fraction of sp³-hybridized carbons (Fsp3) is 0.409. The quantitative estimate of drug-likeness (QED) is 0.732. The van der Waals surface area contributed by atoms with E-state index in [1.807, 2.05) is 26.0 Å². The Morgan fingerprint density at radius 1 is 1.10 bits per heavy atom. The van der Waals surface area contributed by atoms with Crippen molar-refractivity contribution in [3.05, 3.63) is 53.2 Å². The number of carbonyl (C=O) groups excluding carboxylic acids is 2. The van der Waals surface area contributed by atoms with Gasteiger partial charge in [0.1, 0.15) is 5.82 Å². The molecule has 2 amide bonds. The van der Waals surface area contributed by atoms with Gasteiger partial charge < -0.3 is 15.1 Å². The Labute approximate surface area is 182 Å². The van der Waals surface area contributed by atoms with Crippen molar-refractivity contribution in [2.75, 3.05) is 56.0 Å². The maximum absolute atomic E-state index is 12.5. The van der Waals surface area contributed by atoms with Gasteiger partial charge in [-0.3, -0.25) is 14.5 Å². The van der Waals surface area contributed by atoms with Crippen LogP contribution < -0.4 is 10.2 Å². The molecule has 2 aromatic rings. The molecular formula is C22H28ClN5O2. The topological polar surface area (TPSA) is 68.8 Å². The minimum Gasteiger partial charge on any atom is -0.354 e. The summed E-state index contributed by atoms with van der Waals surface area (Å²) in [6.45, 7) is 8.69. The Balaban J connectivity index is 1.51. The molecule has 1 aromatic heterocycles. The number of amides is 2. The lowest BCUT2D eigenvalue weighted by molar-refractivity contribution is -0.117. The lowest BCUT2D eigenvalue weighted by atomic mass is 10.1. The normalized spacial score (nSPS) is 14.4. The van der Waals surface area contributed by atoms with E-state index in [9.17, 15) is 9.59 Å². The minimum atomic E-state index is -0.0829. The van der Waals surface area contributed by atoms with Crippen molar-refractivity contribution < 1.29 is 9.59 Å². The number of hydrogen-bond acceptors (Lipinski definition) is 5. The highest BCUT2D eigenvalue weighted by Crippen LogP contribution is 2.17. The molecule has 1 aliphatic rings. The Kier molecular flexibility index (Phi) is 7.65. The summed E-state index contributed by atoms with van der Waals surface area (Å²) in [7, 11) is 0. The zero-order chi connectivity index (χ0) is 21.5. The van der Waals surface area contributed by atoms with Crippen LogP contribution in [0.2, 0.25) is 5.02 Å². The zero-order valence-electron chi connectivity index (χ0n) is 17.5. The molecule has 1 N–H and O–H groups in total. The van der Waals surface area contributed by atoms with E-state index in [-0.39, 0.29) is 11.8 Å². The van der Waals surface area contributed by atoms with Crippen LogP contribution in [-0.2, 0) is 4.79 Å². The van der Waals surface area contributed by atoms with Crippen LogP contribution in [0, 0.1) is 0 Å². The van der Waals surface area contributed by atoms with Gasteiger partial charge in [-0.25, -0.2) is 4.98 Å². The molecule has 8 heteroatoms. The maximum Gasteiger partial charge on any atom is 0.253 e. The average molecular weight is 430 g/mol. The summed E-state index contributed by atoms with van der Waals surface area (Å²) in [5.41, 5.74) is 1.22. The lowest BCUT2D eigenvalue weighted by Crippen LogP contribution is -2.48. The lowest BCUT2D eigenvalue weighted by Gasteiger charge is -2.35.